The van der Waals surface area contributed by atoms with E-state index in [9.17, 15) is 13.2 Å². The van der Waals surface area contributed by atoms with Gasteiger partial charge in [0.1, 0.15) is 11.5 Å². The second kappa shape index (κ2) is 4.42. The second-order valence-corrected chi connectivity index (χ2v) is 3.03. The van der Waals surface area contributed by atoms with E-state index in [1.165, 1.54) is 0 Å². The van der Waals surface area contributed by atoms with Gasteiger partial charge in [-0.1, -0.05) is 6.92 Å². The zero-order chi connectivity index (χ0) is 11.5. The van der Waals surface area contributed by atoms with Crippen molar-refractivity contribution in [3.05, 3.63) is 23.8 Å². The van der Waals surface area contributed by atoms with E-state index in [4.69, 9.17) is 9.84 Å². The maximum atomic E-state index is 12.4. The number of phenolic OH excluding ortho intramolecular Hbond substituents is 1. The van der Waals surface area contributed by atoms with Gasteiger partial charge in [-0.15, -0.1) is 0 Å². The van der Waals surface area contributed by atoms with E-state index in [0.29, 0.717) is 6.42 Å². The summed E-state index contributed by atoms with van der Waals surface area (Å²) in [4.78, 5) is 0. The van der Waals surface area contributed by atoms with E-state index in [0.717, 1.165) is 18.2 Å². The summed E-state index contributed by atoms with van der Waals surface area (Å²) in [5.41, 5.74) is -0.867. The molecule has 1 aromatic carbocycles. The highest BCUT2D eigenvalue weighted by molar-refractivity contribution is 5.41. The van der Waals surface area contributed by atoms with Crippen molar-refractivity contribution < 1.29 is 23.0 Å². The van der Waals surface area contributed by atoms with E-state index in [1.54, 1.807) is 6.92 Å². The summed E-state index contributed by atoms with van der Waals surface area (Å²) in [6.07, 6.45) is -3.86. The van der Waals surface area contributed by atoms with Crippen LogP contribution in [0.2, 0.25) is 0 Å². The van der Waals surface area contributed by atoms with Crippen LogP contribution in [0, 0.1) is 0 Å². The third-order valence-corrected chi connectivity index (χ3v) is 1.73. The Morgan fingerprint density at radius 3 is 2.53 bits per heavy atom. The SMILES string of the molecule is CCCOc1cc(O)ccc1C(F)(F)F. The number of alkyl halides is 3. The number of hydrogen-bond donors (Lipinski definition) is 1. The first kappa shape index (κ1) is 11.7. The topological polar surface area (TPSA) is 29.5 Å². The molecule has 0 spiro atoms. The normalized spacial score (nSPS) is 11.5. The number of aromatic hydroxyl groups is 1. The molecule has 2 nitrogen and oxygen atoms in total. The summed E-state index contributed by atoms with van der Waals surface area (Å²) in [6, 6.07) is 2.76. The van der Waals surface area contributed by atoms with Gasteiger partial charge in [0.05, 0.1) is 12.2 Å². The lowest BCUT2D eigenvalue weighted by Crippen LogP contribution is -2.08. The molecule has 1 rings (SSSR count). The van der Waals surface area contributed by atoms with Crippen LogP contribution in [-0.4, -0.2) is 11.7 Å². The lowest BCUT2D eigenvalue weighted by molar-refractivity contribution is -0.138. The summed E-state index contributed by atoms with van der Waals surface area (Å²) in [5.74, 6) is -0.571. The van der Waals surface area contributed by atoms with Crippen LogP contribution in [0.4, 0.5) is 13.2 Å². The first-order valence-corrected chi connectivity index (χ1v) is 4.48. The molecule has 0 aliphatic heterocycles. The Labute approximate surface area is 85.3 Å². The average Bonchev–Trinajstić information content (AvgIpc) is 2.12. The predicted molar refractivity (Wildman–Crippen MR) is 48.9 cm³/mol. The van der Waals surface area contributed by atoms with Crippen molar-refractivity contribution >= 4 is 0 Å². The summed E-state index contributed by atoms with van der Waals surface area (Å²) in [6.45, 7) is 1.97. The van der Waals surface area contributed by atoms with Crippen molar-refractivity contribution in [3.8, 4) is 11.5 Å². The molecule has 0 fully saturated rings. The Hall–Kier alpha value is -1.39. The van der Waals surface area contributed by atoms with Crippen LogP contribution in [0.3, 0.4) is 0 Å². The van der Waals surface area contributed by atoms with Gasteiger partial charge in [0.2, 0.25) is 0 Å². The fourth-order valence-electron chi connectivity index (χ4n) is 1.08. The van der Waals surface area contributed by atoms with Crippen molar-refractivity contribution in [2.24, 2.45) is 0 Å². The highest BCUT2D eigenvalue weighted by atomic mass is 19.4. The number of rotatable bonds is 3. The van der Waals surface area contributed by atoms with Crippen molar-refractivity contribution in [1.82, 2.24) is 0 Å². The highest BCUT2D eigenvalue weighted by Crippen LogP contribution is 2.37. The van der Waals surface area contributed by atoms with Crippen LogP contribution in [0.1, 0.15) is 18.9 Å². The molecule has 0 heterocycles. The van der Waals surface area contributed by atoms with E-state index < -0.39 is 11.7 Å². The van der Waals surface area contributed by atoms with Crippen LogP contribution < -0.4 is 4.74 Å². The third-order valence-electron chi connectivity index (χ3n) is 1.73. The van der Waals surface area contributed by atoms with Crippen LogP contribution >= 0.6 is 0 Å². The van der Waals surface area contributed by atoms with Crippen LogP contribution in [0.5, 0.6) is 11.5 Å². The molecule has 1 N–H and O–H groups in total. The standard InChI is InChI=1S/C10H11F3O2/c1-2-5-15-9-6-7(14)3-4-8(9)10(11,12)13/h3-4,6,14H,2,5H2,1H3. The van der Waals surface area contributed by atoms with Gasteiger partial charge in [-0.3, -0.25) is 0 Å². The molecule has 0 aliphatic carbocycles. The molecule has 0 saturated heterocycles. The molecule has 1 aromatic rings. The smallest absolute Gasteiger partial charge is 0.419 e. The lowest BCUT2D eigenvalue weighted by atomic mass is 10.2. The summed E-state index contributed by atoms with van der Waals surface area (Å²) >= 11 is 0. The fourth-order valence-corrected chi connectivity index (χ4v) is 1.08. The summed E-state index contributed by atoms with van der Waals surface area (Å²) < 4.78 is 42.3. The highest BCUT2D eigenvalue weighted by Gasteiger charge is 2.34. The molecule has 0 bridgehead atoms. The molecule has 0 radical (unpaired) electrons. The number of ether oxygens (including phenoxy) is 1. The molecule has 5 heteroatoms. The predicted octanol–water partition coefficient (Wildman–Crippen LogP) is 3.20. The Kier molecular flexibility index (Phi) is 3.44. The largest absolute Gasteiger partial charge is 0.508 e. The van der Waals surface area contributed by atoms with Crippen LogP contribution in [-0.2, 0) is 6.18 Å². The van der Waals surface area contributed by atoms with E-state index in [-0.39, 0.29) is 18.1 Å². The van der Waals surface area contributed by atoms with Gasteiger partial charge < -0.3 is 9.84 Å². The average molecular weight is 220 g/mol. The minimum atomic E-state index is -4.46. The molecular weight excluding hydrogens is 209 g/mol. The van der Waals surface area contributed by atoms with Gasteiger partial charge in [0, 0.05) is 6.07 Å². The Morgan fingerprint density at radius 2 is 2.00 bits per heavy atom. The molecule has 0 aliphatic rings. The van der Waals surface area contributed by atoms with Gasteiger partial charge in [0.15, 0.2) is 0 Å². The zero-order valence-electron chi connectivity index (χ0n) is 8.14. The van der Waals surface area contributed by atoms with Gasteiger partial charge in [-0.25, -0.2) is 0 Å². The van der Waals surface area contributed by atoms with Gasteiger partial charge in [0.25, 0.3) is 0 Å². The second-order valence-electron chi connectivity index (χ2n) is 3.03. The van der Waals surface area contributed by atoms with Gasteiger partial charge in [-0.05, 0) is 18.6 Å². The third kappa shape index (κ3) is 3.04. The maximum Gasteiger partial charge on any atom is 0.419 e. The molecule has 0 aromatic heterocycles. The Balaban J connectivity index is 3.03. The quantitative estimate of drug-likeness (QED) is 0.847. The monoisotopic (exact) mass is 220 g/mol. The van der Waals surface area contributed by atoms with Crippen LogP contribution in [0.15, 0.2) is 18.2 Å². The minimum Gasteiger partial charge on any atom is -0.508 e. The first-order valence-electron chi connectivity index (χ1n) is 4.48. The Bertz CT molecular complexity index is 334. The minimum absolute atomic E-state index is 0.187. The van der Waals surface area contributed by atoms with Gasteiger partial charge >= 0.3 is 6.18 Å². The van der Waals surface area contributed by atoms with Crippen molar-refractivity contribution in [3.63, 3.8) is 0 Å². The number of halogens is 3. The van der Waals surface area contributed by atoms with Crippen molar-refractivity contribution in [2.45, 2.75) is 19.5 Å². The number of hydrogen-bond acceptors (Lipinski definition) is 2. The maximum absolute atomic E-state index is 12.4. The van der Waals surface area contributed by atoms with Crippen molar-refractivity contribution in [2.75, 3.05) is 6.61 Å². The first-order chi connectivity index (χ1) is 6.95. The summed E-state index contributed by atoms with van der Waals surface area (Å²) in [7, 11) is 0. The number of benzene rings is 1. The van der Waals surface area contributed by atoms with E-state index in [1.807, 2.05) is 0 Å². The molecule has 0 atom stereocenters. The van der Waals surface area contributed by atoms with Crippen LogP contribution in [0.25, 0.3) is 0 Å². The Morgan fingerprint density at radius 1 is 1.33 bits per heavy atom. The fraction of sp³-hybridized carbons (Fsp3) is 0.400. The zero-order valence-corrected chi connectivity index (χ0v) is 8.14. The number of phenols is 1. The molecule has 0 saturated carbocycles. The molecular formula is C10H11F3O2. The van der Waals surface area contributed by atoms with Crippen molar-refractivity contribution in [1.29, 1.82) is 0 Å². The van der Waals surface area contributed by atoms with E-state index >= 15 is 0 Å². The lowest BCUT2D eigenvalue weighted by Gasteiger charge is -2.13. The summed E-state index contributed by atoms with van der Waals surface area (Å²) in [5, 5.41) is 9.06. The molecule has 84 valence electrons. The van der Waals surface area contributed by atoms with Gasteiger partial charge in [-0.2, -0.15) is 13.2 Å². The molecule has 15 heavy (non-hydrogen) atoms. The molecule has 0 amide bonds. The molecule has 0 unspecified atom stereocenters. The van der Waals surface area contributed by atoms with E-state index in [2.05, 4.69) is 0 Å².